The van der Waals surface area contributed by atoms with E-state index in [1.165, 1.54) is 22.5 Å². The molecular formula is C44H48N6. The van der Waals surface area contributed by atoms with Crippen LogP contribution in [0.1, 0.15) is 74.9 Å². The fourth-order valence-corrected chi connectivity index (χ4v) is 7.37. The van der Waals surface area contributed by atoms with Crippen molar-refractivity contribution in [3.63, 3.8) is 0 Å². The quantitative estimate of drug-likeness (QED) is 0.134. The molecule has 0 fully saturated rings. The van der Waals surface area contributed by atoms with Gasteiger partial charge in [-0.2, -0.15) is 10.2 Å². The second-order valence-electron chi connectivity index (χ2n) is 13.0. The number of hydrazone groups is 2. The molecule has 0 bridgehead atoms. The molecule has 0 radical (unpaired) electrons. The Morgan fingerprint density at radius 1 is 0.460 bits per heavy atom. The van der Waals surface area contributed by atoms with Gasteiger partial charge in [-0.25, -0.2) is 0 Å². The number of hydrogen-bond acceptors (Lipinski definition) is 6. The molecule has 6 nitrogen and oxygen atoms in total. The fraction of sp³-hybridized carbons (Fsp3) is 0.273. The van der Waals surface area contributed by atoms with E-state index in [2.05, 4.69) is 181 Å². The van der Waals surface area contributed by atoms with Gasteiger partial charge >= 0.3 is 0 Å². The third kappa shape index (κ3) is 6.75. The zero-order valence-corrected chi connectivity index (χ0v) is 29.8. The van der Waals surface area contributed by atoms with Gasteiger partial charge in [0.25, 0.3) is 0 Å². The molecule has 0 aliphatic carbocycles. The minimum absolute atomic E-state index is 0.130. The molecule has 0 amide bonds. The molecule has 2 aliphatic heterocycles. The van der Waals surface area contributed by atoms with Crippen molar-refractivity contribution in [2.75, 3.05) is 46.0 Å². The number of hydrogen-bond donors (Lipinski definition) is 0. The summed E-state index contributed by atoms with van der Waals surface area (Å²) in [6.45, 7) is 12.8. The summed E-state index contributed by atoms with van der Waals surface area (Å²) < 4.78 is 0. The summed E-state index contributed by atoms with van der Waals surface area (Å²) in [6, 6.07) is 48.4. The maximum atomic E-state index is 5.24. The third-order valence-electron chi connectivity index (χ3n) is 10.2. The van der Waals surface area contributed by atoms with Gasteiger partial charge in [-0.05, 0) is 98.5 Å². The van der Waals surface area contributed by atoms with Crippen LogP contribution in [0, 0.1) is 0 Å². The lowest BCUT2D eigenvalue weighted by Crippen LogP contribution is -2.22. The van der Waals surface area contributed by atoms with Crippen LogP contribution in [0.3, 0.4) is 0 Å². The van der Waals surface area contributed by atoms with Crippen molar-refractivity contribution < 1.29 is 0 Å². The van der Waals surface area contributed by atoms with E-state index in [0.29, 0.717) is 0 Å². The molecule has 50 heavy (non-hydrogen) atoms. The summed E-state index contributed by atoms with van der Waals surface area (Å²) in [5.74, 6) is 0. The van der Waals surface area contributed by atoms with Crippen molar-refractivity contribution in [1.29, 1.82) is 0 Å². The SMILES string of the molecule is CCN(CC)c1ccc(C2CC(c3ccc(C4=NN(c5ccccc5)C(c5ccc(N(CC)CC)cc5)C4)cc3)=NN2c2ccccc2)cc1. The second kappa shape index (κ2) is 15.0. The van der Waals surface area contributed by atoms with Crippen molar-refractivity contribution in [3.8, 4) is 0 Å². The molecule has 2 atom stereocenters. The lowest BCUT2D eigenvalue weighted by Gasteiger charge is -2.25. The molecule has 0 aromatic heterocycles. The van der Waals surface area contributed by atoms with Gasteiger partial charge in [0.2, 0.25) is 0 Å². The summed E-state index contributed by atoms with van der Waals surface area (Å²) in [7, 11) is 0. The number of benzene rings is 5. The van der Waals surface area contributed by atoms with Crippen molar-refractivity contribution >= 4 is 34.2 Å². The van der Waals surface area contributed by atoms with Crippen LogP contribution in [0.25, 0.3) is 0 Å². The molecule has 5 aromatic rings. The molecule has 254 valence electrons. The highest BCUT2D eigenvalue weighted by molar-refractivity contribution is 6.06. The first-order chi connectivity index (χ1) is 24.6. The Kier molecular flexibility index (Phi) is 9.97. The van der Waals surface area contributed by atoms with Gasteiger partial charge in [-0.15, -0.1) is 0 Å². The minimum Gasteiger partial charge on any atom is -0.372 e. The first-order valence-corrected chi connectivity index (χ1v) is 18.2. The predicted octanol–water partition coefficient (Wildman–Crippen LogP) is 10.1. The molecule has 2 heterocycles. The maximum absolute atomic E-state index is 5.24. The Morgan fingerprint density at radius 3 is 1.12 bits per heavy atom. The molecule has 0 saturated carbocycles. The van der Waals surface area contributed by atoms with E-state index in [0.717, 1.165) is 72.9 Å². The predicted molar refractivity (Wildman–Crippen MR) is 212 cm³/mol. The maximum Gasteiger partial charge on any atom is 0.0831 e. The molecule has 0 spiro atoms. The van der Waals surface area contributed by atoms with E-state index >= 15 is 0 Å². The van der Waals surface area contributed by atoms with Gasteiger partial charge in [-0.3, -0.25) is 10.0 Å². The van der Waals surface area contributed by atoms with Crippen LogP contribution in [0.5, 0.6) is 0 Å². The summed E-state index contributed by atoms with van der Waals surface area (Å²) in [5, 5.41) is 14.9. The molecular weight excluding hydrogens is 613 g/mol. The molecule has 7 rings (SSSR count). The average molecular weight is 661 g/mol. The van der Waals surface area contributed by atoms with Crippen molar-refractivity contribution in [2.24, 2.45) is 10.2 Å². The van der Waals surface area contributed by atoms with E-state index in [1.807, 2.05) is 0 Å². The Balaban J connectivity index is 1.14. The van der Waals surface area contributed by atoms with Crippen LogP contribution in [0.2, 0.25) is 0 Å². The highest BCUT2D eigenvalue weighted by atomic mass is 15.5. The zero-order valence-electron chi connectivity index (χ0n) is 29.8. The lowest BCUT2D eigenvalue weighted by atomic mass is 9.95. The molecule has 2 aliphatic rings. The molecule has 2 unspecified atom stereocenters. The average Bonchev–Trinajstić information content (AvgIpc) is 3.84. The summed E-state index contributed by atoms with van der Waals surface area (Å²) in [4.78, 5) is 4.77. The van der Waals surface area contributed by atoms with Crippen LogP contribution >= 0.6 is 0 Å². The van der Waals surface area contributed by atoms with Gasteiger partial charge in [0, 0.05) is 50.4 Å². The van der Waals surface area contributed by atoms with Gasteiger partial charge in [0.1, 0.15) is 0 Å². The third-order valence-corrected chi connectivity index (χ3v) is 10.2. The topological polar surface area (TPSA) is 37.7 Å². The zero-order chi connectivity index (χ0) is 34.5. The van der Waals surface area contributed by atoms with Crippen LogP contribution in [0.15, 0.2) is 144 Å². The highest BCUT2D eigenvalue weighted by Crippen LogP contribution is 2.39. The van der Waals surface area contributed by atoms with Crippen molar-refractivity contribution in [2.45, 2.75) is 52.6 Å². The van der Waals surface area contributed by atoms with Gasteiger partial charge in [0.05, 0.1) is 34.9 Å². The van der Waals surface area contributed by atoms with Crippen LogP contribution in [-0.2, 0) is 0 Å². The Hall–Kier alpha value is -5.36. The van der Waals surface area contributed by atoms with E-state index in [-0.39, 0.29) is 12.1 Å². The first-order valence-electron chi connectivity index (χ1n) is 18.2. The monoisotopic (exact) mass is 660 g/mol. The standard InChI is InChI=1S/C44H48N6/c1-5-47(6-2)37-27-23-35(24-28-37)43-31-41(45-49(43)39-15-11-9-12-16-39)33-19-21-34(22-20-33)42-32-44(50(46-42)40-17-13-10-14-18-40)36-25-29-38(30-26-36)48(7-3)8-4/h9-30,43-44H,5-8,31-32H2,1-4H3. The summed E-state index contributed by atoms with van der Waals surface area (Å²) >= 11 is 0. The fourth-order valence-electron chi connectivity index (χ4n) is 7.37. The smallest absolute Gasteiger partial charge is 0.0831 e. The van der Waals surface area contributed by atoms with Crippen LogP contribution in [0.4, 0.5) is 22.7 Å². The van der Waals surface area contributed by atoms with Gasteiger partial charge in [0.15, 0.2) is 0 Å². The van der Waals surface area contributed by atoms with E-state index in [1.54, 1.807) is 0 Å². The Labute approximate surface area is 298 Å². The summed E-state index contributed by atoms with van der Waals surface area (Å²) in [5.41, 5.74) is 11.8. The molecule has 6 heteroatoms. The van der Waals surface area contributed by atoms with Gasteiger partial charge in [-0.1, -0.05) is 84.9 Å². The van der Waals surface area contributed by atoms with Crippen molar-refractivity contribution in [3.05, 3.63) is 156 Å². The Morgan fingerprint density at radius 2 is 0.800 bits per heavy atom. The van der Waals surface area contributed by atoms with Gasteiger partial charge < -0.3 is 9.80 Å². The number of nitrogens with zero attached hydrogens (tertiary/aromatic N) is 6. The highest BCUT2D eigenvalue weighted by Gasteiger charge is 2.32. The Bertz CT molecular complexity index is 1750. The number of rotatable bonds is 12. The minimum atomic E-state index is 0.130. The normalized spacial score (nSPS) is 17.1. The van der Waals surface area contributed by atoms with Crippen LogP contribution < -0.4 is 19.8 Å². The van der Waals surface area contributed by atoms with Crippen molar-refractivity contribution in [1.82, 2.24) is 0 Å². The number of para-hydroxylation sites is 2. The van der Waals surface area contributed by atoms with E-state index in [4.69, 9.17) is 10.2 Å². The second-order valence-corrected chi connectivity index (χ2v) is 13.0. The molecule has 0 N–H and O–H groups in total. The van der Waals surface area contributed by atoms with E-state index in [9.17, 15) is 0 Å². The number of anilines is 4. The summed E-state index contributed by atoms with van der Waals surface area (Å²) in [6.07, 6.45) is 1.68. The van der Waals surface area contributed by atoms with Crippen LogP contribution in [-0.4, -0.2) is 37.6 Å². The lowest BCUT2D eigenvalue weighted by molar-refractivity contribution is 0.708. The first kappa shape index (κ1) is 33.2. The largest absolute Gasteiger partial charge is 0.372 e. The van der Waals surface area contributed by atoms with E-state index < -0.39 is 0 Å². The molecule has 5 aromatic carbocycles. The molecule has 0 saturated heterocycles.